The van der Waals surface area contributed by atoms with Crippen LogP contribution in [0.3, 0.4) is 0 Å². The molecule has 0 fully saturated rings. The molecule has 0 amide bonds. The third-order valence-corrected chi connectivity index (χ3v) is 4.87. The second kappa shape index (κ2) is 7.31. The Morgan fingerprint density at radius 3 is 2.50 bits per heavy atom. The quantitative estimate of drug-likeness (QED) is 0.298. The number of aliphatic hydroxyl groups excluding tert-OH is 5. The number of benzene rings is 1. The van der Waals surface area contributed by atoms with Gasteiger partial charge in [0.05, 0.1) is 12.6 Å². The van der Waals surface area contributed by atoms with Gasteiger partial charge in [-0.05, 0) is 11.6 Å². The summed E-state index contributed by atoms with van der Waals surface area (Å²) < 4.78 is 0. The fourth-order valence-corrected chi connectivity index (χ4v) is 3.43. The minimum absolute atomic E-state index is 0.190. The largest absolute Gasteiger partial charge is 0.480 e. The van der Waals surface area contributed by atoms with Crippen molar-refractivity contribution >= 4 is 16.9 Å². The highest BCUT2D eigenvalue weighted by atomic mass is 16.4. The molecule has 2 heterocycles. The van der Waals surface area contributed by atoms with E-state index in [0.717, 1.165) is 10.9 Å². The first-order valence-electron chi connectivity index (χ1n) is 8.26. The lowest BCUT2D eigenvalue weighted by Gasteiger charge is -2.36. The van der Waals surface area contributed by atoms with Gasteiger partial charge in [-0.25, -0.2) is 0 Å². The van der Waals surface area contributed by atoms with Crippen LogP contribution in [-0.4, -0.2) is 78.7 Å². The molecule has 9 heteroatoms. The zero-order valence-corrected chi connectivity index (χ0v) is 13.8. The number of hydrogen-bond acceptors (Lipinski definition) is 7. The Balaban J connectivity index is 1.99. The van der Waals surface area contributed by atoms with Crippen molar-refractivity contribution in [3.63, 3.8) is 0 Å². The maximum Gasteiger partial charge on any atom is 0.321 e. The summed E-state index contributed by atoms with van der Waals surface area (Å²) in [4.78, 5) is 14.6. The number of fused-ring (bicyclic) bond motifs is 3. The highest BCUT2D eigenvalue weighted by Crippen LogP contribution is 2.34. The van der Waals surface area contributed by atoms with Crippen molar-refractivity contribution in [1.29, 1.82) is 0 Å². The minimum atomic E-state index is -1.80. The molecule has 9 nitrogen and oxygen atoms in total. The fourth-order valence-electron chi connectivity index (χ4n) is 3.43. The molecule has 2 aromatic rings. The first-order chi connectivity index (χ1) is 12.3. The highest BCUT2D eigenvalue weighted by Gasteiger charge is 2.41. The van der Waals surface area contributed by atoms with E-state index in [0.29, 0.717) is 11.3 Å². The normalized spacial score (nSPS) is 24.7. The van der Waals surface area contributed by atoms with E-state index < -0.39 is 49.1 Å². The topological polar surface area (TPSA) is 166 Å². The van der Waals surface area contributed by atoms with Gasteiger partial charge in [-0.2, -0.15) is 0 Å². The predicted molar refractivity (Wildman–Crippen MR) is 90.4 cm³/mol. The number of carboxylic acid groups (broad SMARTS) is 1. The molecule has 0 saturated carbocycles. The summed E-state index contributed by atoms with van der Waals surface area (Å²) in [5.41, 5.74) is 1.98. The van der Waals surface area contributed by atoms with Gasteiger partial charge in [0.2, 0.25) is 0 Å². The van der Waals surface area contributed by atoms with E-state index in [2.05, 4.69) is 10.3 Å². The van der Waals surface area contributed by atoms with Crippen molar-refractivity contribution in [2.75, 3.05) is 6.61 Å². The Hall–Kier alpha value is -2.01. The highest BCUT2D eigenvalue weighted by molar-refractivity contribution is 5.86. The molecule has 1 aliphatic heterocycles. The molecule has 142 valence electrons. The molecule has 1 aromatic carbocycles. The van der Waals surface area contributed by atoms with Crippen molar-refractivity contribution < 1.29 is 35.4 Å². The zero-order chi connectivity index (χ0) is 19.0. The number of aliphatic hydroxyl groups is 5. The molecule has 1 aliphatic rings. The van der Waals surface area contributed by atoms with Crippen molar-refractivity contribution in [1.82, 2.24) is 10.3 Å². The summed E-state index contributed by atoms with van der Waals surface area (Å²) >= 11 is 0. The van der Waals surface area contributed by atoms with Crippen LogP contribution in [0.5, 0.6) is 0 Å². The van der Waals surface area contributed by atoms with Gasteiger partial charge in [0, 0.05) is 23.0 Å². The van der Waals surface area contributed by atoms with Gasteiger partial charge in [-0.15, -0.1) is 0 Å². The SMILES string of the molecule is O=C(O)C1Cc2c([nH]c3ccccc23)C(C(O)C(O)C(O)C(O)CO)N1. The Labute approximate surface area is 148 Å². The number of aromatic nitrogens is 1. The summed E-state index contributed by atoms with van der Waals surface area (Å²) in [5.74, 6) is -1.11. The first-order valence-corrected chi connectivity index (χ1v) is 8.26. The smallest absolute Gasteiger partial charge is 0.321 e. The number of aliphatic carboxylic acids is 1. The number of aromatic amines is 1. The predicted octanol–water partition coefficient (Wildman–Crippen LogP) is -1.76. The third-order valence-electron chi connectivity index (χ3n) is 4.87. The lowest BCUT2D eigenvalue weighted by molar-refractivity contribution is -0.142. The van der Waals surface area contributed by atoms with E-state index >= 15 is 0 Å². The maximum absolute atomic E-state index is 11.5. The van der Waals surface area contributed by atoms with E-state index in [9.17, 15) is 30.3 Å². The van der Waals surface area contributed by atoms with E-state index in [1.54, 1.807) is 0 Å². The lowest BCUT2D eigenvalue weighted by Crippen LogP contribution is -2.54. The van der Waals surface area contributed by atoms with Crippen LogP contribution in [0, 0.1) is 0 Å². The summed E-state index contributed by atoms with van der Waals surface area (Å²) in [6.07, 6.45) is -6.67. The van der Waals surface area contributed by atoms with Crippen LogP contribution < -0.4 is 5.32 Å². The molecular formula is C17H22N2O7. The Bertz CT molecular complexity index is 793. The van der Waals surface area contributed by atoms with Crippen LogP contribution in [0.4, 0.5) is 0 Å². The molecule has 6 unspecified atom stereocenters. The lowest BCUT2D eigenvalue weighted by atomic mass is 9.88. The third kappa shape index (κ3) is 3.20. The molecule has 6 atom stereocenters. The summed E-state index contributed by atoms with van der Waals surface area (Å²) in [7, 11) is 0. The van der Waals surface area contributed by atoms with Gasteiger partial charge in [-0.3, -0.25) is 10.1 Å². The Morgan fingerprint density at radius 1 is 1.15 bits per heavy atom. The summed E-state index contributed by atoms with van der Waals surface area (Å²) in [5, 5.41) is 62.0. The molecule has 1 aromatic heterocycles. The van der Waals surface area contributed by atoms with Crippen LogP contribution in [0.25, 0.3) is 10.9 Å². The molecule has 3 rings (SSSR count). The van der Waals surface area contributed by atoms with E-state index in [1.807, 2.05) is 24.3 Å². The van der Waals surface area contributed by atoms with Gasteiger partial charge in [0.25, 0.3) is 0 Å². The Kier molecular flexibility index (Phi) is 5.28. The zero-order valence-electron chi connectivity index (χ0n) is 13.8. The number of carbonyl (C=O) groups is 1. The number of rotatable bonds is 6. The standard InChI is InChI=1S/C17H22N2O7/c20-6-11(21)14(22)16(24)15(23)13-12-8(5-10(19-13)17(25)26)7-3-1-2-4-9(7)18-12/h1-4,10-11,13-16,18-24H,5-6H2,(H,25,26). The second-order valence-electron chi connectivity index (χ2n) is 6.52. The fraction of sp³-hybridized carbons (Fsp3) is 0.471. The van der Waals surface area contributed by atoms with E-state index in [1.165, 1.54) is 0 Å². The van der Waals surface area contributed by atoms with Crippen LogP contribution in [0.15, 0.2) is 24.3 Å². The van der Waals surface area contributed by atoms with Crippen molar-refractivity contribution in [3.8, 4) is 0 Å². The van der Waals surface area contributed by atoms with Crippen LogP contribution in [-0.2, 0) is 11.2 Å². The number of H-pyrrole nitrogens is 1. The molecule has 8 N–H and O–H groups in total. The molecule has 0 radical (unpaired) electrons. The Morgan fingerprint density at radius 2 is 1.85 bits per heavy atom. The number of nitrogens with one attached hydrogen (secondary N) is 2. The van der Waals surface area contributed by atoms with Crippen LogP contribution in [0.2, 0.25) is 0 Å². The van der Waals surface area contributed by atoms with Crippen molar-refractivity contribution in [2.45, 2.75) is 42.9 Å². The van der Waals surface area contributed by atoms with Gasteiger partial charge in [-0.1, -0.05) is 18.2 Å². The van der Waals surface area contributed by atoms with Crippen LogP contribution in [0.1, 0.15) is 17.3 Å². The average Bonchev–Trinajstić information content (AvgIpc) is 3.03. The molecule has 26 heavy (non-hydrogen) atoms. The molecule has 0 aliphatic carbocycles. The first kappa shape index (κ1) is 18.8. The number of para-hydroxylation sites is 1. The van der Waals surface area contributed by atoms with E-state index in [-0.39, 0.29) is 6.42 Å². The van der Waals surface area contributed by atoms with Crippen molar-refractivity contribution in [3.05, 3.63) is 35.5 Å². The minimum Gasteiger partial charge on any atom is -0.480 e. The van der Waals surface area contributed by atoms with E-state index in [4.69, 9.17) is 5.11 Å². The van der Waals surface area contributed by atoms with Gasteiger partial charge in [0.15, 0.2) is 0 Å². The van der Waals surface area contributed by atoms with Crippen LogP contribution >= 0.6 is 0 Å². The molecule has 0 spiro atoms. The molecule has 0 bridgehead atoms. The molecular weight excluding hydrogens is 344 g/mol. The van der Waals surface area contributed by atoms with Gasteiger partial charge in [0.1, 0.15) is 30.5 Å². The number of hydrogen-bond donors (Lipinski definition) is 8. The van der Waals surface area contributed by atoms with Crippen molar-refractivity contribution in [2.24, 2.45) is 0 Å². The summed E-state index contributed by atoms with van der Waals surface area (Å²) in [6, 6.07) is 5.27. The maximum atomic E-state index is 11.5. The van der Waals surface area contributed by atoms with Gasteiger partial charge >= 0.3 is 5.97 Å². The van der Waals surface area contributed by atoms with Gasteiger partial charge < -0.3 is 35.6 Å². The second-order valence-corrected chi connectivity index (χ2v) is 6.52. The average molecular weight is 366 g/mol. The molecule has 0 saturated heterocycles. The number of carboxylic acids is 1. The monoisotopic (exact) mass is 366 g/mol. The summed E-state index contributed by atoms with van der Waals surface area (Å²) in [6.45, 7) is -0.793.